The van der Waals surface area contributed by atoms with E-state index in [4.69, 9.17) is 0 Å². The van der Waals surface area contributed by atoms with Gasteiger partial charge >= 0.3 is 0 Å². The highest BCUT2D eigenvalue weighted by molar-refractivity contribution is 6.21. The number of rotatable bonds is 7. The highest BCUT2D eigenvalue weighted by Gasteiger charge is 2.29. The van der Waals surface area contributed by atoms with E-state index in [0.717, 1.165) is 22.7 Å². The maximum atomic E-state index is 2.41. The Balaban J connectivity index is 0.943. The Morgan fingerprint density at radius 1 is 0.224 bits per heavy atom. The zero-order valence-electron chi connectivity index (χ0n) is 31.7. The standard InChI is InChI=1S/C56H36N2/c1-3-15-41(16-4-1)57(51-35-29-39-13-11-23-47-45-19-7-9-21-49(45)55(51)53(39)47)43-31-25-37(26-32-43)38-27-33-44(34-28-38)58(42-17-5-2-6-18-42)52-36-30-40-14-12-24-48-46-20-8-10-22-50(46)56(52)54(40)48/h1-36H. The summed E-state index contributed by atoms with van der Waals surface area (Å²) in [6.45, 7) is 0. The molecule has 2 heteroatoms. The number of fused-ring (bicyclic) bond motifs is 6. The van der Waals surface area contributed by atoms with Crippen LogP contribution in [0.2, 0.25) is 0 Å². The van der Waals surface area contributed by atoms with Crippen LogP contribution >= 0.6 is 0 Å². The molecule has 0 saturated carbocycles. The first-order valence-electron chi connectivity index (χ1n) is 20.0. The van der Waals surface area contributed by atoms with Crippen molar-refractivity contribution in [2.75, 3.05) is 9.80 Å². The third-order valence-electron chi connectivity index (χ3n) is 12.1. The summed E-state index contributed by atoms with van der Waals surface area (Å²) in [6, 6.07) is 79.8. The first kappa shape index (κ1) is 32.6. The molecule has 10 aromatic carbocycles. The topological polar surface area (TPSA) is 6.48 Å². The van der Waals surface area contributed by atoms with Gasteiger partial charge in [-0.2, -0.15) is 0 Å². The number of hydrogen-bond acceptors (Lipinski definition) is 2. The Labute approximate surface area is 338 Å². The lowest BCUT2D eigenvalue weighted by Crippen LogP contribution is -2.11. The Kier molecular flexibility index (Phi) is 7.26. The molecule has 58 heavy (non-hydrogen) atoms. The average Bonchev–Trinajstić information content (AvgIpc) is 3.82. The van der Waals surface area contributed by atoms with Gasteiger partial charge in [0.15, 0.2) is 0 Å². The summed E-state index contributed by atoms with van der Waals surface area (Å²) in [5, 5.41) is 5.18. The molecule has 0 atom stereocenters. The molecular weight excluding hydrogens is 701 g/mol. The lowest BCUT2D eigenvalue weighted by Gasteiger charge is -2.28. The van der Waals surface area contributed by atoms with Crippen LogP contribution in [0.1, 0.15) is 0 Å². The normalized spacial score (nSPS) is 11.8. The minimum atomic E-state index is 1.12. The van der Waals surface area contributed by atoms with Crippen LogP contribution in [-0.4, -0.2) is 0 Å². The van der Waals surface area contributed by atoms with Crippen LogP contribution in [0.25, 0.3) is 77.2 Å². The maximum absolute atomic E-state index is 2.41. The molecule has 0 saturated heterocycles. The summed E-state index contributed by atoms with van der Waals surface area (Å²) in [5.74, 6) is 0. The quantitative estimate of drug-likeness (QED) is 0.161. The fraction of sp³-hybridized carbons (Fsp3) is 0. The number of anilines is 6. The Morgan fingerprint density at radius 3 is 0.983 bits per heavy atom. The fourth-order valence-corrected chi connectivity index (χ4v) is 9.59. The average molecular weight is 737 g/mol. The summed E-state index contributed by atoms with van der Waals surface area (Å²) >= 11 is 0. The second kappa shape index (κ2) is 12.9. The first-order valence-corrected chi connectivity index (χ1v) is 20.0. The molecule has 0 N–H and O–H groups in total. The van der Waals surface area contributed by atoms with E-state index < -0.39 is 0 Å². The molecule has 0 unspecified atom stereocenters. The van der Waals surface area contributed by atoms with Gasteiger partial charge in [-0.3, -0.25) is 0 Å². The smallest absolute Gasteiger partial charge is 0.0546 e. The molecule has 0 fully saturated rings. The van der Waals surface area contributed by atoms with Gasteiger partial charge in [0.2, 0.25) is 0 Å². The Morgan fingerprint density at radius 2 is 0.569 bits per heavy atom. The Hall–Kier alpha value is -7.68. The van der Waals surface area contributed by atoms with Crippen LogP contribution in [-0.2, 0) is 0 Å². The fourth-order valence-electron chi connectivity index (χ4n) is 9.59. The maximum Gasteiger partial charge on any atom is 0.0546 e. The second-order valence-electron chi connectivity index (χ2n) is 15.3. The number of benzene rings is 10. The molecule has 0 spiro atoms. The van der Waals surface area contributed by atoms with Crippen LogP contribution in [0.4, 0.5) is 34.1 Å². The van der Waals surface area contributed by atoms with Crippen molar-refractivity contribution < 1.29 is 0 Å². The van der Waals surface area contributed by atoms with Crippen molar-refractivity contribution in [2.24, 2.45) is 0 Å². The number of nitrogens with zero attached hydrogens (tertiary/aromatic N) is 2. The van der Waals surface area contributed by atoms with E-state index in [9.17, 15) is 0 Å². The molecule has 0 aliphatic heterocycles. The highest BCUT2D eigenvalue weighted by Crippen LogP contribution is 2.55. The van der Waals surface area contributed by atoms with Crippen LogP contribution in [0.15, 0.2) is 218 Å². The molecule has 0 radical (unpaired) electrons. The van der Waals surface area contributed by atoms with Crippen LogP contribution < -0.4 is 9.80 Å². The van der Waals surface area contributed by atoms with Gasteiger partial charge in [-0.25, -0.2) is 0 Å². The summed E-state index contributed by atoms with van der Waals surface area (Å²) < 4.78 is 0. The van der Waals surface area contributed by atoms with Crippen LogP contribution in [0.5, 0.6) is 0 Å². The third-order valence-corrected chi connectivity index (χ3v) is 12.1. The Bertz CT molecular complexity index is 2980. The molecular formula is C56H36N2. The van der Waals surface area contributed by atoms with E-state index in [1.807, 2.05) is 0 Å². The van der Waals surface area contributed by atoms with E-state index in [1.165, 1.54) is 88.6 Å². The van der Waals surface area contributed by atoms with Crippen molar-refractivity contribution >= 4 is 55.7 Å². The molecule has 0 heterocycles. The molecule has 12 rings (SSSR count). The van der Waals surface area contributed by atoms with Gasteiger partial charge in [0.1, 0.15) is 0 Å². The van der Waals surface area contributed by atoms with Crippen LogP contribution in [0, 0.1) is 0 Å². The SMILES string of the molecule is c1ccc(N(c2ccc(-c3ccc(N(c4ccccc4)c4ccc5cccc6c5c4-c4ccccc4-6)cc3)cc2)c2ccc3cccc4c3c2-c2ccccc2-4)cc1. The monoisotopic (exact) mass is 736 g/mol. The van der Waals surface area contributed by atoms with Gasteiger partial charge in [-0.1, -0.05) is 158 Å². The second-order valence-corrected chi connectivity index (χ2v) is 15.3. The summed E-state index contributed by atoms with van der Waals surface area (Å²) in [4.78, 5) is 4.82. The molecule has 2 aliphatic carbocycles. The van der Waals surface area contributed by atoms with Crippen molar-refractivity contribution in [3.8, 4) is 55.6 Å². The van der Waals surface area contributed by atoms with E-state index in [-0.39, 0.29) is 0 Å². The molecule has 0 bridgehead atoms. The molecule has 2 aliphatic rings. The number of para-hydroxylation sites is 2. The van der Waals surface area contributed by atoms with E-state index in [1.54, 1.807) is 0 Å². The van der Waals surface area contributed by atoms with Crippen molar-refractivity contribution in [1.29, 1.82) is 0 Å². The van der Waals surface area contributed by atoms with Gasteiger partial charge in [-0.15, -0.1) is 0 Å². The predicted octanol–water partition coefficient (Wildman–Crippen LogP) is 15.9. The van der Waals surface area contributed by atoms with Gasteiger partial charge in [-0.05, 0) is 127 Å². The number of hydrogen-bond donors (Lipinski definition) is 0. The lowest BCUT2D eigenvalue weighted by molar-refractivity contribution is 1.29. The lowest BCUT2D eigenvalue weighted by atomic mass is 9.98. The predicted molar refractivity (Wildman–Crippen MR) is 245 cm³/mol. The van der Waals surface area contributed by atoms with Crippen molar-refractivity contribution in [1.82, 2.24) is 0 Å². The minimum Gasteiger partial charge on any atom is -0.310 e. The van der Waals surface area contributed by atoms with Crippen molar-refractivity contribution in [2.45, 2.75) is 0 Å². The summed E-state index contributed by atoms with van der Waals surface area (Å²) in [6.07, 6.45) is 0. The molecule has 0 amide bonds. The van der Waals surface area contributed by atoms with Gasteiger partial charge < -0.3 is 9.80 Å². The van der Waals surface area contributed by atoms with Crippen LogP contribution in [0.3, 0.4) is 0 Å². The molecule has 10 aromatic rings. The minimum absolute atomic E-state index is 1.12. The van der Waals surface area contributed by atoms with E-state index >= 15 is 0 Å². The van der Waals surface area contributed by atoms with E-state index in [2.05, 4.69) is 228 Å². The van der Waals surface area contributed by atoms with Gasteiger partial charge in [0, 0.05) is 33.9 Å². The molecule has 270 valence electrons. The highest BCUT2D eigenvalue weighted by atomic mass is 15.2. The zero-order chi connectivity index (χ0) is 38.2. The van der Waals surface area contributed by atoms with Gasteiger partial charge in [0.05, 0.1) is 11.4 Å². The van der Waals surface area contributed by atoms with Gasteiger partial charge in [0.25, 0.3) is 0 Å². The summed E-state index contributed by atoms with van der Waals surface area (Å²) in [7, 11) is 0. The molecule has 0 aromatic heterocycles. The third kappa shape index (κ3) is 4.92. The largest absolute Gasteiger partial charge is 0.310 e. The van der Waals surface area contributed by atoms with Crippen molar-refractivity contribution in [3.63, 3.8) is 0 Å². The first-order chi connectivity index (χ1) is 28.8. The molecule has 2 nitrogen and oxygen atoms in total. The van der Waals surface area contributed by atoms with Crippen molar-refractivity contribution in [3.05, 3.63) is 218 Å². The summed E-state index contributed by atoms with van der Waals surface area (Å²) in [5.41, 5.74) is 19.6. The van der Waals surface area contributed by atoms with E-state index in [0.29, 0.717) is 0 Å². The zero-order valence-corrected chi connectivity index (χ0v) is 31.7.